The van der Waals surface area contributed by atoms with Gasteiger partial charge in [-0.2, -0.15) is 15.0 Å². The number of hydrogen-bond acceptors (Lipinski definition) is 8. The van der Waals surface area contributed by atoms with Crippen molar-refractivity contribution in [3.63, 3.8) is 0 Å². The van der Waals surface area contributed by atoms with Crippen molar-refractivity contribution in [2.75, 3.05) is 11.9 Å². The summed E-state index contributed by atoms with van der Waals surface area (Å²) < 4.78 is 12.4. The van der Waals surface area contributed by atoms with E-state index in [4.69, 9.17) is 9.47 Å². The first-order valence-corrected chi connectivity index (χ1v) is 6.77. The Hall–Kier alpha value is -2.45. The molecule has 9 nitrogen and oxygen atoms in total. The van der Waals surface area contributed by atoms with Crippen LogP contribution in [0.2, 0.25) is 0 Å². The van der Waals surface area contributed by atoms with Crippen LogP contribution < -0.4 is 14.8 Å². The first-order valence-electron chi connectivity index (χ1n) is 6.77. The fourth-order valence-corrected chi connectivity index (χ4v) is 1.41. The zero-order valence-electron chi connectivity index (χ0n) is 12.6. The second-order valence-corrected chi connectivity index (χ2v) is 4.62. The third kappa shape index (κ3) is 4.55. The summed E-state index contributed by atoms with van der Waals surface area (Å²) >= 11 is 0. The Morgan fingerprint density at radius 3 is 2.57 bits per heavy atom. The summed E-state index contributed by atoms with van der Waals surface area (Å²) in [5.41, 5.74) is 0. The van der Waals surface area contributed by atoms with Gasteiger partial charge in [0.15, 0.2) is 0 Å². The van der Waals surface area contributed by atoms with Crippen molar-refractivity contribution < 1.29 is 9.47 Å². The van der Waals surface area contributed by atoms with E-state index in [1.807, 2.05) is 13.8 Å². The quantitative estimate of drug-likeness (QED) is 0.817. The predicted molar refractivity (Wildman–Crippen MR) is 75.4 cm³/mol. The lowest BCUT2D eigenvalue weighted by Gasteiger charge is -2.10. The van der Waals surface area contributed by atoms with Gasteiger partial charge in [0.1, 0.15) is 6.33 Å². The van der Waals surface area contributed by atoms with Gasteiger partial charge >= 0.3 is 18.0 Å². The Bertz CT molecular complexity index is 585. The van der Waals surface area contributed by atoms with E-state index in [2.05, 4.69) is 37.3 Å². The highest BCUT2D eigenvalue weighted by Crippen LogP contribution is 2.17. The molecule has 0 unspecified atom stereocenters. The summed E-state index contributed by atoms with van der Waals surface area (Å²) in [4.78, 5) is 16.4. The predicted octanol–water partition coefficient (Wildman–Crippen LogP) is 1.40. The van der Waals surface area contributed by atoms with Gasteiger partial charge in [-0.15, -0.1) is 10.1 Å². The monoisotopic (exact) mass is 293 g/mol. The number of aromatic nitrogens is 6. The summed E-state index contributed by atoms with van der Waals surface area (Å²) in [6.45, 7) is 6.58. The van der Waals surface area contributed by atoms with E-state index in [0.717, 1.165) is 13.0 Å². The molecule has 0 aliphatic carbocycles. The summed E-state index contributed by atoms with van der Waals surface area (Å²) in [7, 11) is 1.74. The Labute approximate surface area is 122 Å². The van der Waals surface area contributed by atoms with Gasteiger partial charge in [-0.3, -0.25) is 4.68 Å². The second-order valence-electron chi connectivity index (χ2n) is 4.62. The molecule has 21 heavy (non-hydrogen) atoms. The van der Waals surface area contributed by atoms with E-state index in [9.17, 15) is 0 Å². The van der Waals surface area contributed by atoms with Crippen LogP contribution in [0.4, 0.5) is 5.95 Å². The van der Waals surface area contributed by atoms with Crippen molar-refractivity contribution in [2.45, 2.75) is 33.3 Å². The van der Waals surface area contributed by atoms with Crippen LogP contribution >= 0.6 is 0 Å². The molecule has 2 aromatic heterocycles. The van der Waals surface area contributed by atoms with Crippen LogP contribution in [0.25, 0.3) is 0 Å². The third-order valence-corrected chi connectivity index (χ3v) is 2.23. The van der Waals surface area contributed by atoms with Gasteiger partial charge in [0, 0.05) is 13.6 Å². The lowest BCUT2D eigenvalue weighted by atomic mass is 10.5. The maximum atomic E-state index is 5.49. The third-order valence-electron chi connectivity index (χ3n) is 2.23. The molecule has 0 aliphatic heterocycles. The van der Waals surface area contributed by atoms with Crippen molar-refractivity contribution in [3.8, 4) is 18.0 Å². The molecule has 0 spiro atoms. The van der Waals surface area contributed by atoms with E-state index < -0.39 is 0 Å². The molecule has 0 radical (unpaired) electrons. The molecule has 0 saturated carbocycles. The van der Waals surface area contributed by atoms with Crippen molar-refractivity contribution in [1.29, 1.82) is 0 Å². The van der Waals surface area contributed by atoms with Crippen LogP contribution in [-0.4, -0.2) is 42.4 Å². The zero-order chi connectivity index (χ0) is 15.2. The molecule has 0 bridgehead atoms. The topological polar surface area (TPSA) is 99.9 Å². The number of anilines is 1. The SMILES string of the molecule is CCCNc1nc(Oc2ncn(C)n2)nc(OC(C)C)n1. The summed E-state index contributed by atoms with van der Waals surface area (Å²) in [6.07, 6.45) is 2.43. The largest absolute Gasteiger partial charge is 0.461 e. The number of rotatable bonds is 7. The molecule has 0 amide bonds. The molecule has 9 heteroatoms. The van der Waals surface area contributed by atoms with Gasteiger partial charge in [-0.25, -0.2) is 0 Å². The first kappa shape index (κ1) is 14.9. The summed E-state index contributed by atoms with van der Waals surface area (Å²) in [5.74, 6) is 0.397. The molecule has 1 N–H and O–H groups in total. The maximum absolute atomic E-state index is 5.49. The van der Waals surface area contributed by atoms with Crippen LogP contribution in [0, 0.1) is 0 Å². The van der Waals surface area contributed by atoms with E-state index in [0.29, 0.717) is 5.95 Å². The van der Waals surface area contributed by atoms with E-state index in [-0.39, 0.29) is 24.1 Å². The average molecular weight is 293 g/mol. The van der Waals surface area contributed by atoms with Gasteiger partial charge in [0.05, 0.1) is 6.10 Å². The van der Waals surface area contributed by atoms with Gasteiger partial charge in [-0.1, -0.05) is 6.92 Å². The molecular formula is C12H19N7O2. The fourth-order valence-electron chi connectivity index (χ4n) is 1.41. The normalized spacial score (nSPS) is 10.7. The highest BCUT2D eigenvalue weighted by atomic mass is 16.5. The Balaban J connectivity index is 2.21. The molecule has 0 aliphatic rings. The molecule has 114 valence electrons. The van der Waals surface area contributed by atoms with Gasteiger partial charge in [0.2, 0.25) is 5.95 Å². The Morgan fingerprint density at radius 2 is 1.95 bits per heavy atom. The number of nitrogens with one attached hydrogen (secondary N) is 1. The minimum atomic E-state index is -0.0488. The van der Waals surface area contributed by atoms with Gasteiger partial charge < -0.3 is 14.8 Å². The molecule has 0 saturated heterocycles. The number of aryl methyl sites for hydroxylation is 1. The smallest absolute Gasteiger partial charge is 0.343 e. The van der Waals surface area contributed by atoms with E-state index >= 15 is 0 Å². The minimum Gasteiger partial charge on any atom is -0.461 e. The number of hydrogen-bond donors (Lipinski definition) is 1. The van der Waals surface area contributed by atoms with Crippen molar-refractivity contribution in [1.82, 2.24) is 29.7 Å². The highest BCUT2D eigenvalue weighted by Gasteiger charge is 2.12. The summed E-state index contributed by atoms with van der Waals surface area (Å²) in [6, 6.07) is 0.454. The molecule has 2 heterocycles. The maximum Gasteiger partial charge on any atom is 0.343 e. The number of ether oxygens (including phenoxy) is 2. The van der Waals surface area contributed by atoms with Gasteiger partial charge in [-0.05, 0) is 20.3 Å². The van der Waals surface area contributed by atoms with Crippen LogP contribution in [0.3, 0.4) is 0 Å². The lowest BCUT2D eigenvalue weighted by molar-refractivity contribution is 0.218. The minimum absolute atomic E-state index is 0.0488. The molecule has 2 aromatic rings. The second kappa shape index (κ2) is 6.82. The lowest BCUT2D eigenvalue weighted by Crippen LogP contribution is -2.12. The van der Waals surface area contributed by atoms with E-state index in [1.165, 1.54) is 11.0 Å². The van der Waals surface area contributed by atoms with Crippen LogP contribution in [0.15, 0.2) is 6.33 Å². The molecule has 2 rings (SSSR count). The Morgan fingerprint density at radius 1 is 1.19 bits per heavy atom. The summed E-state index contributed by atoms with van der Waals surface area (Å²) in [5, 5.41) is 7.08. The van der Waals surface area contributed by atoms with Crippen LogP contribution in [0.1, 0.15) is 27.2 Å². The van der Waals surface area contributed by atoms with Crippen molar-refractivity contribution >= 4 is 5.95 Å². The van der Waals surface area contributed by atoms with Crippen molar-refractivity contribution in [3.05, 3.63) is 6.33 Å². The Kier molecular flexibility index (Phi) is 4.85. The average Bonchev–Trinajstić information content (AvgIpc) is 2.80. The van der Waals surface area contributed by atoms with Crippen LogP contribution in [-0.2, 0) is 7.05 Å². The molecule has 0 atom stereocenters. The standard InChI is InChI=1S/C12H19N7O2/c1-5-6-13-9-15-11(20-8(2)3)17-12(16-9)21-10-14-7-19(4)18-10/h7-8H,5-6H2,1-4H3,(H,13,15,16,17). The van der Waals surface area contributed by atoms with Crippen molar-refractivity contribution in [2.24, 2.45) is 7.05 Å². The first-order chi connectivity index (χ1) is 10.1. The van der Waals surface area contributed by atoms with E-state index in [1.54, 1.807) is 7.05 Å². The number of nitrogens with zero attached hydrogens (tertiary/aromatic N) is 6. The molecular weight excluding hydrogens is 274 g/mol. The van der Waals surface area contributed by atoms with Crippen LogP contribution in [0.5, 0.6) is 18.0 Å². The highest BCUT2D eigenvalue weighted by molar-refractivity contribution is 5.28. The molecule has 0 aromatic carbocycles. The van der Waals surface area contributed by atoms with Gasteiger partial charge in [0.25, 0.3) is 0 Å². The molecule has 0 fully saturated rings. The fraction of sp³-hybridized carbons (Fsp3) is 0.583. The zero-order valence-corrected chi connectivity index (χ0v) is 12.6.